The van der Waals surface area contributed by atoms with Crippen molar-refractivity contribution in [3.63, 3.8) is 0 Å². The van der Waals surface area contributed by atoms with Crippen LogP contribution in [0.25, 0.3) is 0 Å². The molecule has 98 valence electrons. The summed E-state index contributed by atoms with van der Waals surface area (Å²) in [6.07, 6.45) is 4.07. The number of aromatic nitrogens is 3. The first-order valence-electron chi connectivity index (χ1n) is 6.49. The van der Waals surface area contributed by atoms with Crippen molar-refractivity contribution in [3.05, 3.63) is 12.2 Å². The first-order chi connectivity index (χ1) is 7.59. The van der Waals surface area contributed by atoms with Crippen molar-refractivity contribution < 1.29 is 0 Å². The molecule has 3 nitrogen and oxygen atoms in total. The van der Waals surface area contributed by atoms with E-state index in [9.17, 15) is 0 Å². The van der Waals surface area contributed by atoms with E-state index in [2.05, 4.69) is 63.2 Å². The Hall–Kier alpha value is -0.860. The lowest BCUT2D eigenvalue weighted by molar-refractivity contribution is 0.295. The van der Waals surface area contributed by atoms with Gasteiger partial charge in [-0.15, -0.1) is 10.2 Å². The minimum Gasteiger partial charge on any atom is -0.312 e. The standard InChI is InChI=1S/C14H27N3/c1-11(9-13(2,3)4)8-12-16-15-10-17(12)14(5,6)7/h10-11H,8-9H2,1-7H3. The van der Waals surface area contributed by atoms with Crippen LogP contribution in [0.4, 0.5) is 0 Å². The van der Waals surface area contributed by atoms with Crippen molar-refractivity contribution in [1.82, 2.24) is 14.8 Å². The number of rotatable bonds is 3. The van der Waals surface area contributed by atoms with Crippen LogP contribution in [0.1, 0.15) is 60.7 Å². The molecule has 0 bridgehead atoms. The summed E-state index contributed by atoms with van der Waals surface area (Å²) >= 11 is 0. The molecule has 1 aromatic heterocycles. The molecule has 0 aromatic carbocycles. The fraction of sp³-hybridized carbons (Fsp3) is 0.857. The predicted molar refractivity (Wildman–Crippen MR) is 72.0 cm³/mol. The van der Waals surface area contributed by atoms with Gasteiger partial charge in [0, 0.05) is 12.0 Å². The highest BCUT2D eigenvalue weighted by molar-refractivity contribution is 4.93. The molecule has 1 rings (SSSR count). The summed E-state index contributed by atoms with van der Waals surface area (Å²) in [4.78, 5) is 0. The molecular weight excluding hydrogens is 210 g/mol. The molecular formula is C14H27N3. The molecule has 1 atom stereocenters. The second-order valence-corrected chi connectivity index (χ2v) is 7.36. The Morgan fingerprint density at radius 3 is 2.24 bits per heavy atom. The van der Waals surface area contributed by atoms with E-state index >= 15 is 0 Å². The zero-order chi connectivity index (χ0) is 13.3. The van der Waals surface area contributed by atoms with Gasteiger partial charge in [-0.25, -0.2) is 0 Å². The maximum atomic E-state index is 4.27. The minimum atomic E-state index is 0.0697. The minimum absolute atomic E-state index is 0.0697. The number of nitrogens with zero attached hydrogens (tertiary/aromatic N) is 3. The van der Waals surface area contributed by atoms with Crippen LogP contribution in [-0.2, 0) is 12.0 Å². The predicted octanol–water partition coefficient (Wildman–Crippen LogP) is 3.65. The van der Waals surface area contributed by atoms with E-state index in [1.165, 1.54) is 6.42 Å². The van der Waals surface area contributed by atoms with Gasteiger partial charge in [0.1, 0.15) is 12.2 Å². The fourth-order valence-corrected chi connectivity index (χ4v) is 2.39. The monoisotopic (exact) mass is 237 g/mol. The lowest BCUT2D eigenvalue weighted by Gasteiger charge is -2.26. The Labute approximate surface area is 106 Å². The summed E-state index contributed by atoms with van der Waals surface area (Å²) in [5.74, 6) is 1.74. The second kappa shape index (κ2) is 4.79. The van der Waals surface area contributed by atoms with Crippen LogP contribution >= 0.6 is 0 Å². The van der Waals surface area contributed by atoms with Crippen LogP contribution < -0.4 is 0 Å². The molecule has 0 fully saturated rings. The highest BCUT2D eigenvalue weighted by atomic mass is 15.3. The van der Waals surface area contributed by atoms with E-state index in [1.54, 1.807) is 0 Å². The van der Waals surface area contributed by atoms with Crippen LogP contribution in [0.3, 0.4) is 0 Å². The molecule has 1 unspecified atom stereocenters. The van der Waals surface area contributed by atoms with Crippen LogP contribution in [-0.4, -0.2) is 14.8 Å². The Kier molecular flexibility index (Phi) is 4.00. The van der Waals surface area contributed by atoms with E-state index in [0.29, 0.717) is 11.3 Å². The van der Waals surface area contributed by atoms with Crippen LogP contribution in [0.2, 0.25) is 0 Å². The third-order valence-corrected chi connectivity index (χ3v) is 2.83. The first-order valence-corrected chi connectivity index (χ1v) is 6.49. The molecule has 17 heavy (non-hydrogen) atoms. The molecule has 0 saturated heterocycles. The Bertz CT molecular complexity index is 352. The molecule has 0 radical (unpaired) electrons. The molecule has 0 aliphatic rings. The summed E-state index contributed by atoms with van der Waals surface area (Å²) in [5.41, 5.74) is 0.451. The quantitative estimate of drug-likeness (QED) is 0.803. The van der Waals surface area contributed by atoms with Crippen molar-refractivity contribution >= 4 is 0 Å². The lowest BCUT2D eigenvalue weighted by Crippen LogP contribution is -2.25. The Balaban J connectivity index is 2.73. The van der Waals surface area contributed by atoms with Gasteiger partial charge < -0.3 is 4.57 Å². The van der Waals surface area contributed by atoms with E-state index in [-0.39, 0.29) is 5.54 Å². The van der Waals surface area contributed by atoms with Crippen LogP contribution in [0.15, 0.2) is 6.33 Å². The molecule has 0 aliphatic heterocycles. The lowest BCUT2D eigenvalue weighted by atomic mass is 9.84. The summed E-state index contributed by atoms with van der Waals surface area (Å²) < 4.78 is 2.19. The highest BCUT2D eigenvalue weighted by Crippen LogP contribution is 2.26. The van der Waals surface area contributed by atoms with Gasteiger partial charge in [-0.1, -0.05) is 27.7 Å². The zero-order valence-electron chi connectivity index (χ0n) is 12.4. The second-order valence-electron chi connectivity index (χ2n) is 7.36. The van der Waals surface area contributed by atoms with E-state index in [1.807, 2.05) is 6.33 Å². The van der Waals surface area contributed by atoms with Crippen molar-refractivity contribution in [2.45, 2.75) is 66.8 Å². The summed E-state index contributed by atoms with van der Waals surface area (Å²) in [6.45, 7) is 15.7. The maximum Gasteiger partial charge on any atom is 0.133 e. The van der Waals surface area contributed by atoms with Gasteiger partial charge >= 0.3 is 0 Å². The van der Waals surface area contributed by atoms with Gasteiger partial charge in [-0.05, 0) is 38.5 Å². The molecule has 0 N–H and O–H groups in total. The molecule has 0 aliphatic carbocycles. The van der Waals surface area contributed by atoms with Crippen LogP contribution in [0.5, 0.6) is 0 Å². The van der Waals surface area contributed by atoms with Crippen molar-refractivity contribution in [1.29, 1.82) is 0 Å². The van der Waals surface area contributed by atoms with Gasteiger partial charge in [0.05, 0.1) is 0 Å². The smallest absolute Gasteiger partial charge is 0.133 e. The number of hydrogen-bond acceptors (Lipinski definition) is 2. The average Bonchev–Trinajstić information content (AvgIpc) is 2.46. The van der Waals surface area contributed by atoms with Crippen molar-refractivity contribution in [2.24, 2.45) is 11.3 Å². The normalized spacial score (nSPS) is 15.0. The molecule has 1 aromatic rings. The van der Waals surface area contributed by atoms with E-state index < -0.39 is 0 Å². The first kappa shape index (κ1) is 14.2. The average molecular weight is 237 g/mol. The van der Waals surface area contributed by atoms with Gasteiger partial charge in [-0.2, -0.15) is 0 Å². The molecule has 1 heterocycles. The highest BCUT2D eigenvalue weighted by Gasteiger charge is 2.21. The zero-order valence-corrected chi connectivity index (χ0v) is 12.4. The summed E-state index contributed by atoms with van der Waals surface area (Å²) in [5, 5.41) is 8.32. The topological polar surface area (TPSA) is 30.7 Å². The summed E-state index contributed by atoms with van der Waals surface area (Å²) in [6, 6.07) is 0. The van der Waals surface area contributed by atoms with E-state index in [4.69, 9.17) is 0 Å². The SMILES string of the molecule is CC(Cc1nncn1C(C)(C)C)CC(C)(C)C. The molecule has 0 spiro atoms. The van der Waals surface area contributed by atoms with Gasteiger partial charge in [-0.3, -0.25) is 0 Å². The molecule has 0 amide bonds. The van der Waals surface area contributed by atoms with Crippen molar-refractivity contribution in [2.75, 3.05) is 0 Å². The van der Waals surface area contributed by atoms with Crippen molar-refractivity contribution in [3.8, 4) is 0 Å². The molecule has 3 heteroatoms. The fourth-order valence-electron chi connectivity index (χ4n) is 2.39. The largest absolute Gasteiger partial charge is 0.312 e. The Morgan fingerprint density at radius 2 is 1.76 bits per heavy atom. The molecule has 0 saturated carbocycles. The maximum absolute atomic E-state index is 4.27. The third kappa shape index (κ3) is 4.49. The Morgan fingerprint density at radius 1 is 1.18 bits per heavy atom. The van der Waals surface area contributed by atoms with E-state index in [0.717, 1.165) is 12.2 Å². The van der Waals surface area contributed by atoms with Gasteiger partial charge in [0.15, 0.2) is 0 Å². The van der Waals surface area contributed by atoms with Gasteiger partial charge in [0.2, 0.25) is 0 Å². The summed E-state index contributed by atoms with van der Waals surface area (Å²) in [7, 11) is 0. The third-order valence-electron chi connectivity index (χ3n) is 2.83. The van der Waals surface area contributed by atoms with Crippen LogP contribution in [0, 0.1) is 11.3 Å². The number of hydrogen-bond donors (Lipinski definition) is 0. The van der Waals surface area contributed by atoms with Gasteiger partial charge in [0.25, 0.3) is 0 Å².